The number of hydrogen-bond acceptors (Lipinski definition) is 3. The van der Waals surface area contributed by atoms with Crippen LogP contribution in [0.5, 0.6) is 5.75 Å². The average Bonchev–Trinajstić information content (AvgIpc) is 3.38. The molecule has 0 spiro atoms. The minimum atomic E-state index is -0.215. The summed E-state index contributed by atoms with van der Waals surface area (Å²) in [6.45, 7) is 2.24. The standard InChI is InChI=1S/C20H22O3/c1-14(20(22)23-13-15-6-3-2-4-7-15)19(16-10-11-16)17-8-5-9-18(21)12-17/h2-9,12,14,16,19,21H,10-11,13H2,1H3/t14-,19-/m0/s1. The van der Waals surface area contributed by atoms with Crippen LogP contribution in [0, 0.1) is 11.8 Å². The zero-order chi connectivity index (χ0) is 16.2. The number of carbonyl (C=O) groups is 1. The van der Waals surface area contributed by atoms with Crippen molar-refractivity contribution in [1.29, 1.82) is 0 Å². The van der Waals surface area contributed by atoms with Gasteiger partial charge in [0.25, 0.3) is 0 Å². The molecule has 2 aromatic rings. The summed E-state index contributed by atoms with van der Waals surface area (Å²) in [5.41, 5.74) is 2.02. The summed E-state index contributed by atoms with van der Waals surface area (Å²) in [7, 11) is 0. The van der Waals surface area contributed by atoms with Crippen LogP contribution in [0.4, 0.5) is 0 Å². The molecular formula is C20H22O3. The van der Waals surface area contributed by atoms with Gasteiger partial charge in [0.15, 0.2) is 0 Å². The Bertz CT molecular complexity index is 662. The van der Waals surface area contributed by atoms with Crippen molar-refractivity contribution < 1.29 is 14.6 Å². The van der Waals surface area contributed by atoms with Crippen LogP contribution in [-0.2, 0) is 16.1 Å². The van der Waals surface area contributed by atoms with E-state index in [9.17, 15) is 9.90 Å². The third-order valence-corrected chi connectivity index (χ3v) is 4.52. The van der Waals surface area contributed by atoms with Crippen LogP contribution in [-0.4, -0.2) is 11.1 Å². The third kappa shape index (κ3) is 3.92. The molecule has 23 heavy (non-hydrogen) atoms. The van der Waals surface area contributed by atoms with E-state index >= 15 is 0 Å². The van der Waals surface area contributed by atoms with Crippen LogP contribution in [0.25, 0.3) is 0 Å². The van der Waals surface area contributed by atoms with Crippen LogP contribution < -0.4 is 0 Å². The van der Waals surface area contributed by atoms with Gasteiger partial charge in [-0.3, -0.25) is 4.79 Å². The maximum atomic E-state index is 12.5. The number of phenolic OH excluding ortho intramolecular Hbond substituents is 1. The number of hydrogen-bond donors (Lipinski definition) is 1. The zero-order valence-corrected chi connectivity index (χ0v) is 13.3. The molecule has 3 nitrogen and oxygen atoms in total. The van der Waals surface area contributed by atoms with Gasteiger partial charge in [-0.2, -0.15) is 0 Å². The van der Waals surface area contributed by atoms with Crippen LogP contribution >= 0.6 is 0 Å². The van der Waals surface area contributed by atoms with Gasteiger partial charge in [-0.05, 0) is 47.9 Å². The second-order valence-corrected chi connectivity index (χ2v) is 6.34. The van der Waals surface area contributed by atoms with Crippen LogP contribution in [0.15, 0.2) is 54.6 Å². The van der Waals surface area contributed by atoms with Gasteiger partial charge in [0.05, 0.1) is 5.92 Å². The summed E-state index contributed by atoms with van der Waals surface area (Å²) in [5, 5.41) is 9.72. The van der Waals surface area contributed by atoms with Crippen LogP contribution in [0.3, 0.4) is 0 Å². The fraction of sp³-hybridized carbons (Fsp3) is 0.350. The molecule has 0 bridgehead atoms. The molecule has 1 aliphatic carbocycles. The molecule has 0 amide bonds. The number of rotatable bonds is 6. The van der Waals surface area contributed by atoms with Crippen molar-refractivity contribution in [1.82, 2.24) is 0 Å². The lowest BCUT2D eigenvalue weighted by Crippen LogP contribution is -2.23. The highest BCUT2D eigenvalue weighted by molar-refractivity contribution is 5.73. The Morgan fingerprint density at radius 1 is 1.17 bits per heavy atom. The number of phenols is 1. The van der Waals surface area contributed by atoms with Crippen molar-refractivity contribution in [3.8, 4) is 5.75 Å². The van der Waals surface area contributed by atoms with E-state index in [-0.39, 0.29) is 23.6 Å². The van der Waals surface area contributed by atoms with Crippen molar-refractivity contribution in [2.75, 3.05) is 0 Å². The molecule has 0 heterocycles. The first kappa shape index (κ1) is 15.6. The van der Waals surface area contributed by atoms with Crippen molar-refractivity contribution in [3.05, 3.63) is 65.7 Å². The highest BCUT2D eigenvalue weighted by Crippen LogP contribution is 2.47. The van der Waals surface area contributed by atoms with Crippen molar-refractivity contribution in [2.24, 2.45) is 11.8 Å². The van der Waals surface area contributed by atoms with Gasteiger partial charge in [-0.15, -0.1) is 0 Å². The highest BCUT2D eigenvalue weighted by atomic mass is 16.5. The Kier molecular flexibility index (Phi) is 4.65. The average molecular weight is 310 g/mol. The van der Waals surface area contributed by atoms with Crippen molar-refractivity contribution in [2.45, 2.75) is 32.3 Å². The van der Waals surface area contributed by atoms with Crippen molar-refractivity contribution in [3.63, 3.8) is 0 Å². The van der Waals surface area contributed by atoms with Gasteiger partial charge in [-0.1, -0.05) is 49.4 Å². The third-order valence-electron chi connectivity index (χ3n) is 4.52. The summed E-state index contributed by atoms with van der Waals surface area (Å²) >= 11 is 0. The minimum Gasteiger partial charge on any atom is -0.508 e. The maximum Gasteiger partial charge on any atom is 0.309 e. The normalized spacial score (nSPS) is 16.6. The van der Waals surface area contributed by atoms with E-state index in [0.717, 1.165) is 24.0 Å². The molecule has 1 aliphatic rings. The van der Waals surface area contributed by atoms with Gasteiger partial charge < -0.3 is 9.84 Å². The highest BCUT2D eigenvalue weighted by Gasteiger charge is 2.39. The lowest BCUT2D eigenvalue weighted by molar-refractivity contribution is -0.150. The first-order valence-corrected chi connectivity index (χ1v) is 8.14. The van der Waals surface area contributed by atoms with Gasteiger partial charge >= 0.3 is 5.97 Å². The quantitative estimate of drug-likeness (QED) is 0.811. The van der Waals surface area contributed by atoms with Gasteiger partial charge in [0, 0.05) is 0 Å². The number of ether oxygens (including phenoxy) is 1. The summed E-state index contributed by atoms with van der Waals surface area (Å²) in [4.78, 5) is 12.5. The number of aromatic hydroxyl groups is 1. The SMILES string of the molecule is C[C@H](C(=O)OCc1ccccc1)[C@H](c1cccc(O)c1)C1CC1. The molecule has 0 radical (unpaired) electrons. The smallest absolute Gasteiger partial charge is 0.309 e. The van der Waals surface area contributed by atoms with E-state index in [0.29, 0.717) is 12.5 Å². The predicted molar refractivity (Wildman–Crippen MR) is 89.0 cm³/mol. The predicted octanol–water partition coefficient (Wildman–Crippen LogP) is 4.27. The van der Waals surface area contributed by atoms with E-state index in [2.05, 4.69) is 0 Å². The van der Waals surface area contributed by atoms with Gasteiger partial charge in [0.2, 0.25) is 0 Å². The zero-order valence-electron chi connectivity index (χ0n) is 13.3. The fourth-order valence-electron chi connectivity index (χ4n) is 3.16. The Morgan fingerprint density at radius 2 is 1.91 bits per heavy atom. The van der Waals surface area contributed by atoms with E-state index in [1.807, 2.05) is 49.4 Å². The molecule has 1 N–H and O–H groups in total. The van der Waals surface area contributed by atoms with Crippen LogP contribution in [0.2, 0.25) is 0 Å². The van der Waals surface area contributed by atoms with E-state index in [1.165, 1.54) is 0 Å². The summed E-state index contributed by atoms with van der Waals surface area (Å²) < 4.78 is 5.50. The lowest BCUT2D eigenvalue weighted by atomic mass is 9.83. The first-order chi connectivity index (χ1) is 11.1. The summed E-state index contributed by atoms with van der Waals surface area (Å²) in [5.74, 6) is 0.488. The number of carbonyl (C=O) groups excluding carboxylic acids is 1. The molecule has 0 unspecified atom stereocenters. The monoisotopic (exact) mass is 310 g/mol. The van der Waals surface area contributed by atoms with Gasteiger partial charge in [-0.25, -0.2) is 0 Å². The first-order valence-electron chi connectivity index (χ1n) is 8.14. The molecule has 0 aromatic heterocycles. The van der Waals surface area contributed by atoms with E-state index in [4.69, 9.17) is 4.74 Å². The fourth-order valence-corrected chi connectivity index (χ4v) is 3.16. The maximum absolute atomic E-state index is 12.5. The molecule has 2 atom stereocenters. The van der Waals surface area contributed by atoms with Crippen LogP contribution in [0.1, 0.15) is 36.8 Å². The van der Waals surface area contributed by atoms with E-state index in [1.54, 1.807) is 12.1 Å². The Morgan fingerprint density at radius 3 is 2.57 bits per heavy atom. The summed E-state index contributed by atoms with van der Waals surface area (Å²) in [6, 6.07) is 17.0. The van der Waals surface area contributed by atoms with Crippen molar-refractivity contribution >= 4 is 5.97 Å². The molecule has 120 valence electrons. The van der Waals surface area contributed by atoms with Gasteiger partial charge in [0.1, 0.15) is 12.4 Å². The molecule has 0 saturated heterocycles. The summed E-state index contributed by atoms with van der Waals surface area (Å²) in [6.07, 6.45) is 2.27. The lowest BCUT2D eigenvalue weighted by Gasteiger charge is -2.23. The molecule has 2 aromatic carbocycles. The molecular weight excluding hydrogens is 288 g/mol. The molecule has 3 rings (SSSR count). The number of benzene rings is 2. The Labute approximate surface area is 136 Å². The largest absolute Gasteiger partial charge is 0.508 e. The molecule has 1 saturated carbocycles. The molecule has 0 aliphatic heterocycles. The second-order valence-electron chi connectivity index (χ2n) is 6.34. The van der Waals surface area contributed by atoms with E-state index < -0.39 is 0 Å². The Balaban J connectivity index is 1.68. The second kappa shape index (κ2) is 6.86. The minimum absolute atomic E-state index is 0.116. The Hall–Kier alpha value is -2.29. The topological polar surface area (TPSA) is 46.5 Å². The molecule has 3 heteroatoms. The number of esters is 1. The molecule has 1 fully saturated rings.